The summed E-state index contributed by atoms with van der Waals surface area (Å²) >= 11 is 3.43. The Hall–Kier alpha value is -0.610. The second kappa shape index (κ2) is 4.94. The van der Waals surface area contributed by atoms with Crippen molar-refractivity contribution in [2.75, 3.05) is 31.7 Å². The van der Waals surface area contributed by atoms with E-state index in [4.69, 9.17) is 4.74 Å². The molecule has 0 N–H and O–H groups in total. The number of aromatic nitrogens is 1. The van der Waals surface area contributed by atoms with Crippen LogP contribution in [0.15, 0.2) is 22.9 Å². The smallest absolute Gasteiger partial charge is 0.0561 e. The third-order valence-corrected chi connectivity index (χ3v) is 3.12. The zero-order chi connectivity index (χ0) is 10.7. The lowest BCUT2D eigenvalue weighted by molar-refractivity contribution is 0.186. The van der Waals surface area contributed by atoms with Gasteiger partial charge in [0.15, 0.2) is 0 Å². The van der Waals surface area contributed by atoms with E-state index in [0.717, 1.165) is 29.9 Å². The molecule has 0 aromatic carbocycles. The Morgan fingerprint density at radius 3 is 3.13 bits per heavy atom. The monoisotopic (exact) mass is 270 g/mol. The highest BCUT2D eigenvalue weighted by atomic mass is 79.9. The van der Waals surface area contributed by atoms with Crippen LogP contribution in [0.2, 0.25) is 0 Å². The molecule has 2 heterocycles. The summed E-state index contributed by atoms with van der Waals surface area (Å²) in [6.45, 7) is 2.85. The number of hydrogen-bond donors (Lipinski definition) is 0. The molecule has 0 saturated carbocycles. The van der Waals surface area contributed by atoms with Crippen LogP contribution in [0, 0.1) is 5.92 Å². The molecular weight excluding hydrogens is 256 g/mol. The van der Waals surface area contributed by atoms with E-state index in [-0.39, 0.29) is 0 Å². The van der Waals surface area contributed by atoms with Gasteiger partial charge >= 0.3 is 0 Å². The number of halogens is 1. The van der Waals surface area contributed by atoms with Crippen molar-refractivity contribution in [1.29, 1.82) is 0 Å². The molecule has 1 saturated heterocycles. The fourth-order valence-corrected chi connectivity index (χ4v) is 2.18. The van der Waals surface area contributed by atoms with Crippen molar-refractivity contribution < 1.29 is 4.74 Å². The molecule has 1 aliphatic rings. The van der Waals surface area contributed by atoms with E-state index in [2.05, 4.69) is 38.9 Å². The minimum absolute atomic E-state index is 0.661. The summed E-state index contributed by atoms with van der Waals surface area (Å²) < 4.78 is 6.39. The van der Waals surface area contributed by atoms with Crippen LogP contribution < -0.4 is 4.90 Å². The van der Waals surface area contributed by atoms with Crippen LogP contribution in [0.3, 0.4) is 0 Å². The largest absolute Gasteiger partial charge is 0.381 e. The molecule has 0 amide bonds. The van der Waals surface area contributed by atoms with Gasteiger partial charge in [-0.05, 0) is 28.4 Å². The first-order valence-electron chi connectivity index (χ1n) is 5.15. The molecule has 3 nitrogen and oxygen atoms in total. The van der Waals surface area contributed by atoms with Crippen molar-refractivity contribution in [2.24, 2.45) is 5.92 Å². The summed E-state index contributed by atoms with van der Waals surface area (Å²) in [6, 6.07) is 2.09. The molecule has 1 fully saturated rings. The highest BCUT2D eigenvalue weighted by Gasteiger charge is 2.17. The molecule has 0 spiro atoms. The standard InChI is InChI=1S/C11H15BrN2O/c1-14(7-9-2-3-15-8-9)11-4-10(12)5-13-6-11/h4-6,9H,2-3,7-8H2,1H3. The molecule has 2 rings (SSSR count). The van der Waals surface area contributed by atoms with E-state index in [1.165, 1.54) is 6.42 Å². The van der Waals surface area contributed by atoms with E-state index in [1.807, 2.05) is 6.20 Å². The van der Waals surface area contributed by atoms with Gasteiger partial charge in [-0.25, -0.2) is 0 Å². The zero-order valence-electron chi connectivity index (χ0n) is 8.82. The molecule has 82 valence electrons. The van der Waals surface area contributed by atoms with Crippen LogP contribution in [-0.4, -0.2) is 31.8 Å². The number of rotatable bonds is 3. The van der Waals surface area contributed by atoms with Crippen molar-refractivity contribution in [1.82, 2.24) is 4.98 Å². The van der Waals surface area contributed by atoms with Crippen LogP contribution in [0.5, 0.6) is 0 Å². The summed E-state index contributed by atoms with van der Waals surface area (Å²) in [5.41, 5.74) is 1.15. The maximum absolute atomic E-state index is 5.37. The average molecular weight is 271 g/mol. The van der Waals surface area contributed by atoms with Crippen molar-refractivity contribution >= 4 is 21.6 Å². The van der Waals surface area contributed by atoms with Gasteiger partial charge in [0.2, 0.25) is 0 Å². The summed E-state index contributed by atoms with van der Waals surface area (Å²) in [5.74, 6) is 0.661. The predicted molar refractivity (Wildman–Crippen MR) is 64.1 cm³/mol. The van der Waals surface area contributed by atoms with Gasteiger partial charge in [-0.15, -0.1) is 0 Å². The zero-order valence-corrected chi connectivity index (χ0v) is 10.4. The molecule has 0 radical (unpaired) electrons. The van der Waals surface area contributed by atoms with Crippen LogP contribution in [0.25, 0.3) is 0 Å². The Morgan fingerprint density at radius 2 is 2.47 bits per heavy atom. The lowest BCUT2D eigenvalue weighted by atomic mass is 10.1. The third kappa shape index (κ3) is 2.92. The fourth-order valence-electron chi connectivity index (χ4n) is 1.83. The van der Waals surface area contributed by atoms with E-state index in [0.29, 0.717) is 5.92 Å². The topological polar surface area (TPSA) is 25.4 Å². The molecule has 0 bridgehead atoms. The summed E-state index contributed by atoms with van der Waals surface area (Å²) in [5, 5.41) is 0. The number of ether oxygens (including phenoxy) is 1. The van der Waals surface area contributed by atoms with E-state index < -0.39 is 0 Å². The number of hydrogen-bond acceptors (Lipinski definition) is 3. The molecule has 15 heavy (non-hydrogen) atoms. The molecule has 4 heteroatoms. The number of nitrogens with zero attached hydrogens (tertiary/aromatic N) is 2. The Balaban J connectivity index is 1.97. The van der Waals surface area contributed by atoms with Crippen molar-refractivity contribution in [2.45, 2.75) is 6.42 Å². The van der Waals surface area contributed by atoms with Gasteiger partial charge in [0.25, 0.3) is 0 Å². The minimum Gasteiger partial charge on any atom is -0.381 e. The third-order valence-electron chi connectivity index (χ3n) is 2.69. The Bertz CT molecular complexity index is 326. The normalized spacial score (nSPS) is 20.5. The van der Waals surface area contributed by atoms with Crippen LogP contribution in [0.4, 0.5) is 5.69 Å². The van der Waals surface area contributed by atoms with Crippen LogP contribution in [0.1, 0.15) is 6.42 Å². The van der Waals surface area contributed by atoms with Gasteiger partial charge < -0.3 is 9.64 Å². The first-order valence-corrected chi connectivity index (χ1v) is 5.94. The Kier molecular flexibility index (Phi) is 3.59. The lowest BCUT2D eigenvalue weighted by Gasteiger charge is -2.22. The Morgan fingerprint density at radius 1 is 1.60 bits per heavy atom. The maximum Gasteiger partial charge on any atom is 0.0561 e. The SMILES string of the molecule is CN(CC1CCOC1)c1cncc(Br)c1. The summed E-state index contributed by atoms with van der Waals surface area (Å²) in [6.07, 6.45) is 4.86. The van der Waals surface area contributed by atoms with Gasteiger partial charge in [0.1, 0.15) is 0 Å². The van der Waals surface area contributed by atoms with Gasteiger partial charge in [-0.1, -0.05) is 0 Å². The lowest BCUT2D eigenvalue weighted by Crippen LogP contribution is -2.25. The van der Waals surface area contributed by atoms with Gasteiger partial charge in [-0.2, -0.15) is 0 Å². The van der Waals surface area contributed by atoms with Gasteiger partial charge in [-0.3, -0.25) is 4.98 Å². The molecule has 1 aromatic rings. The predicted octanol–water partition coefficient (Wildman–Crippen LogP) is 2.32. The average Bonchev–Trinajstić information content (AvgIpc) is 2.70. The fraction of sp³-hybridized carbons (Fsp3) is 0.545. The summed E-state index contributed by atoms with van der Waals surface area (Å²) in [4.78, 5) is 6.39. The van der Waals surface area contributed by atoms with E-state index in [9.17, 15) is 0 Å². The second-order valence-corrected chi connectivity index (χ2v) is 4.89. The molecular formula is C11H15BrN2O. The number of anilines is 1. The first-order chi connectivity index (χ1) is 7.25. The minimum atomic E-state index is 0.661. The molecule has 0 aliphatic carbocycles. The Labute approximate surface area is 98.6 Å². The number of pyridine rings is 1. The molecule has 1 unspecified atom stereocenters. The van der Waals surface area contributed by atoms with Gasteiger partial charge in [0, 0.05) is 36.8 Å². The molecule has 1 aromatic heterocycles. The molecule has 1 aliphatic heterocycles. The van der Waals surface area contributed by atoms with E-state index >= 15 is 0 Å². The van der Waals surface area contributed by atoms with Crippen LogP contribution in [-0.2, 0) is 4.74 Å². The second-order valence-electron chi connectivity index (χ2n) is 3.97. The van der Waals surface area contributed by atoms with Crippen LogP contribution >= 0.6 is 15.9 Å². The van der Waals surface area contributed by atoms with Crippen molar-refractivity contribution in [3.05, 3.63) is 22.9 Å². The summed E-state index contributed by atoms with van der Waals surface area (Å²) in [7, 11) is 2.10. The van der Waals surface area contributed by atoms with E-state index in [1.54, 1.807) is 6.20 Å². The highest BCUT2D eigenvalue weighted by Crippen LogP contribution is 2.20. The van der Waals surface area contributed by atoms with Gasteiger partial charge in [0.05, 0.1) is 18.5 Å². The quantitative estimate of drug-likeness (QED) is 0.843. The van der Waals surface area contributed by atoms with Crippen molar-refractivity contribution in [3.63, 3.8) is 0 Å². The maximum atomic E-state index is 5.37. The first kappa shape index (κ1) is 10.9. The molecule has 1 atom stereocenters. The highest BCUT2D eigenvalue weighted by molar-refractivity contribution is 9.10. The van der Waals surface area contributed by atoms with Crippen molar-refractivity contribution in [3.8, 4) is 0 Å².